The molecule has 0 spiro atoms. The summed E-state index contributed by atoms with van der Waals surface area (Å²) in [5, 5.41) is 22.1. The number of alkyl carbamates (subject to hydrolysis) is 1. The Hall–Kier alpha value is -2.45. The highest BCUT2D eigenvalue weighted by atomic mass is 16.6. The molecule has 3 aliphatic rings. The molecular weight excluding hydrogens is 444 g/mol. The number of nitrogens with one attached hydrogen (secondary N) is 1. The monoisotopic (exact) mass is 484 g/mol. The van der Waals surface area contributed by atoms with Crippen LogP contribution in [0.1, 0.15) is 74.9 Å². The number of amides is 1. The molecule has 1 unspecified atom stereocenters. The molecule has 0 bridgehead atoms. The van der Waals surface area contributed by atoms with Crippen molar-refractivity contribution in [3.8, 4) is 0 Å². The van der Waals surface area contributed by atoms with Crippen molar-refractivity contribution in [2.75, 3.05) is 6.61 Å². The van der Waals surface area contributed by atoms with Crippen molar-refractivity contribution in [3.63, 3.8) is 0 Å². The van der Waals surface area contributed by atoms with Crippen LogP contribution in [-0.4, -0.2) is 46.8 Å². The van der Waals surface area contributed by atoms with Gasteiger partial charge in [-0.05, 0) is 62.8 Å². The van der Waals surface area contributed by atoms with E-state index in [0.29, 0.717) is 18.9 Å². The van der Waals surface area contributed by atoms with Crippen molar-refractivity contribution < 1.29 is 24.5 Å². The average molecular weight is 485 g/mol. The second kappa shape index (κ2) is 12.0. The fourth-order valence-electron chi connectivity index (χ4n) is 4.53. The molecule has 1 fully saturated rings. The number of carbonyl (C=O) groups excluding carboxylic acids is 1. The molecule has 0 saturated carbocycles. The molecule has 35 heavy (non-hydrogen) atoms. The number of carbonyl (C=O) groups is 1. The number of hydrogen-bond donors (Lipinski definition) is 4. The van der Waals surface area contributed by atoms with Gasteiger partial charge in [0.25, 0.3) is 0 Å². The number of benzene rings is 2. The van der Waals surface area contributed by atoms with Crippen LogP contribution >= 0.6 is 0 Å². The number of fused-ring (bicyclic) bond motifs is 2. The van der Waals surface area contributed by atoms with Crippen LogP contribution in [0.2, 0.25) is 0 Å². The number of hydrogen-bond acceptors (Lipinski definition) is 6. The van der Waals surface area contributed by atoms with Crippen LogP contribution in [0, 0.1) is 0 Å². The zero-order valence-electron chi connectivity index (χ0n) is 21.2. The standard InChI is InChI=1S/C14H19NO3.C9H11NO.C5H10O/c1-14(2,3)18-13(17)15-12-10-7-5-4-6-9(10)8-11(12)16;10-9-7-4-2-1-3-6(7)5-8(9)11;1-5-3-2-4-6-5/h4-7,11-12,16H,8H2,1-3H3,(H,15,17);1-4,8-9,11H,5,10H2;5H,2-4H2,1H3/t11-,12+;8-,9+;/m11./s1. The lowest BCUT2D eigenvalue weighted by molar-refractivity contribution is 0.0438. The summed E-state index contributed by atoms with van der Waals surface area (Å²) in [6, 6.07) is 15.1. The molecule has 5 rings (SSSR count). The van der Waals surface area contributed by atoms with Gasteiger partial charge in [-0.25, -0.2) is 4.79 Å². The summed E-state index contributed by atoms with van der Waals surface area (Å²) in [4.78, 5) is 11.7. The summed E-state index contributed by atoms with van der Waals surface area (Å²) < 4.78 is 10.4. The van der Waals surface area contributed by atoms with Crippen molar-refractivity contribution in [1.29, 1.82) is 0 Å². The largest absolute Gasteiger partial charge is 0.444 e. The second-order valence-electron chi connectivity index (χ2n) is 10.4. The van der Waals surface area contributed by atoms with Crippen LogP contribution < -0.4 is 11.1 Å². The highest BCUT2D eigenvalue weighted by Crippen LogP contribution is 2.31. The molecule has 0 radical (unpaired) electrons. The molecule has 5 atom stereocenters. The molecule has 0 aromatic heterocycles. The van der Waals surface area contributed by atoms with Gasteiger partial charge in [0.1, 0.15) is 5.60 Å². The van der Waals surface area contributed by atoms with Gasteiger partial charge in [0.05, 0.1) is 30.4 Å². The predicted molar refractivity (Wildman–Crippen MR) is 136 cm³/mol. The summed E-state index contributed by atoms with van der Waals surface area (Å²) in [6.07, 6.45) is 2.88. The maximum absolute atomic E-state index is 11.7. The number of rotatable bonds is 1. The minimum absolute atomic E-state index is 0.175. The summed E-state index contributed by atoms with van der Waals surface area (Å²) in [5.41, 5.74) is 9.53. The van der Waals surface area contributed by atoms with E-state index >= 15 is 0 Å². The Morgan fingerprint density at radius 2 is 1.57 bits per heavy atom. The van der Waals surface area contributed by atoms with Gasteiger partial charge >= 0.3 is 6.09 Å². The minimum Gasteiger partial charge on any atom is -0.444 e. The van der Waals surface area contributed by atoms with E-state index in [4.69, 9.17) is 15.2 Å². The maximum Gasteiger partial charge on any atom is 0.408 e. The highest BCUT2D eigenvalue weighted by molar-refractivity contribution is 5.69. The summed E-state index contributed by atoms with van der Waals surface area (Å²) in [7, 11) is 0. The topological polar surface area (TPSA) is 114 Å². The van der Waals surface area contributed by atoms with Gasteiger partial charge in [0, 0.05) is 19.4 Å². The number of nitrogens with two attached hydrogens (primary N) is 1. The Morgan fingerprint density at radius 3 is 2.09 bits per heavy atom. The van der Waals surface area contributed by atoms with Crippen molar-refractivity contribution in [3.05, 3.63) is 70.8 Å². The van der Waals surface area contributed by atoms with Gasteiger partial charge < -0.3 is 30.7 Å². The van der Waals surface area contributed by atoms with E-state index in [0.717, 1.165) is 23.3 Å². The van der Waals surface area contributed by atoms with Crippen molar-refractivity contribution in [2.45, 2.75) is 89.4 Å². The SMILES string of the molecule is CC(C)(C)OC(=O)N[C@H]1c2ccccc2C[C@H]1O.CC1CCCO1.N[C@H]1c2ccccc2C[C@H]1O. The van der Waals surface area contributed by atoms with Crippen LogP contribution in [0.3, 0.4) is 0 Å². The molecule has 1 heterocycles. The first-order chi connectivity index (χ1) is 16.5. The van der Waals surface area contributed by atoms with E-state index in [-0.39, 0.29) is 18.2 Å². The smallest absolute Gasteiger partial charge is 0.408 e. The Morgan fingerprint density at radius 1 is 1.00 bits per heavy atom. The Kier molecular flexibility index (Phi) is 9.30. The lowest BCUT2D eigenvalue weighted by atomic mass is 10.1. The van der Waals surface area contributed by atoms with E-state index in [1.165, 1.54) is 18.4 Å². The minimum atomic E-state index is -0.588. The Labute approximate surface area is 208 Å². The molecule has 5 N–H and O–H groups in total. The number of ether oxygens (including phenoxy) is 2. The van der Waals surface area contributed by atoms with Crippen molar-refractivity contribution >= 4 is 6.09 Å². The second-order valence-corrected chi connectivity index (χ2v) is 10.4. The fraction of sp³-hybridized carbons (Fsp3) is 0.536. The van der Waals surface area contributed by atoms with E-state index < -0.39 is 17.8 Å². The van der Waals surface area contributed by atoms with Gasteiger partial charge in [0.15, 0.2) is 0 Å². The van der Waals surface area contributed by atoms with Gasteiger partial charge in [-0.2, -0.15) is 0 Å². The fourth-order valence-corrected chi connectivity index (χ4v) is 4.53. The van der Waals surface area contributed by atoms with E-state index in [9.17, 15) is 15.0 Å². The average Bonchev–Trinajstić information content (AvgIpc) is 3.47. The van der Waals surface area contributed by atoms with Gasteiger partial charge in [-0.3, -0.25) is 0 Å². The van der Waals surface area contributed by atoms with Gasteiger partial charge in [0.2, 0.25) is 0 Å². The molecule has 1 amide bonds. The van der Waals surface area contributed by atoms with E-state index in [2.05, 4.69) is 12.2 Å². The summed E-state index contributed by atoms with van der Waals surface area (Å²) in [6.45, 7) is 8.54. The quantitative estimate of drug-likeness (QED) is 0.487. The van der Waals surface area contributed by atoms with Crippen LogP contribution in [0.15, 0.2) is 48.5 Å². The Bertz CT molecular complexity index is 968. The third-order valence-corrected chi connectivity index (χ3v) is 6.29. The normalized spacial score (nSPS) is 26.4. The summed E-state index contributed by atoms with van der Waals surface area (Å²) in [5.74, 6) is 0. The zero-order chi connectivity index (χ0) is 25.6. The maximum atomic E-state index is 11.7. The first-order valence-corrected chi connectivity index (χ1v) is 12.4. The Balaban J connectivity index is 0.000000169. The molecule has 2 aromatic rings. The van der Waals surface area contributed by atoms with Crippen LogP contribution in [0.25, 0.3) is 0 Å². The third kappa shape index (κ3) is 7.77. The molecular formula is C28H40N2O5. The van der Waals surface area contributed by atoms with Crippen LogP contribution in [0.5, 0.6) is 0 Å². The molecule has 2 aliphatic carbocycles. The first kappa shape index (κ1) is 27.1. The van der Waals surface area contributed by atoms with E-state index in [1.54, 1.807) is 0 Å². The van der Waals surface area contributed by atoms with E-state index in [1.807, 2.05) is 69.3 Å². The molecule has 2 aromatic carbocycles. The van der Waals surface area contributed by atoms with Gasteiger partial charge in [-0.1, -0.05) is 48.5 Å². The third-order valence-electron chi connectivity index (χ3n) is 6.29. The molecule has 7 heteroatoms. The van der Waals surface area contributed by atoms with Gasteiger partial charge in [-0.15, -0.1) is 0 Å². The lowest BCUT2D eigenvalue weighted by Crippen LogP contribution is -2.38. The highest BCUT2D eigenvalue weighted by Gasteiger charge is 2.33. The van der Waals surface area contributed by atoms with Crippen LogP contribution in [0.4, 0.5) is 4.79 Å². The zero-order valence-corrected chi connectivity index (χ0v) is 21.2. The summed E-state index contributed by atoms with van der Waals surface area (Å²) >= 11 is 0. The molecule has 7 nitrogen and oxygen atoms in total. The molecule has 1 aliphatic heterocycles. The molecule has 1 saturated heterocycles. The number of aliphatic hydroxyl groups excluding tert-OH is 2. The van der Waals surface area contributed by atoms with Crippen molar-refractivity contribution in [1.82, 2.24) is 5.32 Å². The van der Waals surface area contributed by atoms with Crippen molar-refractivity contribution in [2.24, 2.45) is 5.73 Å². The van der Waals surface area contributed by atoms with Crippen LogP contribution in [-0.2, 0) is 22.3 Å². The lowest BCUT2D eigenvalue weighted by Gasteiger charge is -2.23. The number of aliphatic hydroxyl groups is 2. The molecule has 192 valence electrons. The first-order valence-electron chi connectivity index (χ1n) is 12.4. The predicted octanol–water partition coefficient (Wildman–Crippen LogP) is 3.96.